The number of rotatable bonds is 6. The first-order valence-corrected chi connectivity index (χ1v) is 14.7. The largest absolute Gasteiger partial charge is 0.398 e. The Morgan fingerprint density at radius 2 is 1.50 bits per heavy atom. The number of carbonyl (C=O) groups is 2. The number of carbonyl (C=O) groups excluding carboxylic acids is 2. The van der Waals surface area contributed by atoms with Crippen LogP contribution in [0.2, 0.25) is 0 Å². The van der Waals surface area contributed by atoms with Gasteiger partial charge < -0.3 is 15.5 Å². The molecule has 1 saturated heterocycles. The second-order valence-electron chi connectivity index (χ2n) is 9.77. The fraction of sp³-hybridized carbons (Fsp3) is 0.200. The van der Waals surface area contributed by atoms with Crippen molar-refractivity contribution in [3.05, 3.63) is 96.3 Å². The van der Waals surface area contributed by atoms with Crippen LogP contribution in [0.5, 0.6) is 0 Å². The number of nitrogens with zero attached hydrogens (tertiary/aromatic N) is 3. The highest BCUT2D eigenvalue weighted by molar-refractivity contribution is 7.90. The van der Waals surface area contributed by atoms with E-state index in [1.807, 2.05) is 35.2 Å². The molecule has 1 aliphatic rings. The van der Waals surface area contributed by atoms with E-state index in [0.29, 0.717) is 48.8 Å². The van der Waals surface area contributed by atoms with Gasteiger partial charge in [0.15, 0.2) is 9.84 Å². The summed E-state index contributed by atoms with van der Waals surface area (Å²) in [6, 6.07) is 23.8. The molecule has 0 saturated carbocycles. The summed E-state index contributed by atoms with van der Waals surface area (Å²) in [4.78, 5) is 32.1. The van der Waals surface area contributed by atoms with Gasteiger partial charge in [-0.2, -0.15) is 0 Å². The van der Waals surface area contributed by atoms with E-state index in [9.17, 15) is 22.4 Å². The van der Waals surface area contributed by atoms with Crippen LogP contribution in [0, 0.1) is 5.82 Å². The van der Waals surface area contributed by atoms with Crippen LogP contribution in [0.3, 0.4) is 0 Å². The summed E-state index contributed by atoms with van der Waals surface area (Å²) in [5.41, 5.74) is 7.89. The van der Waals surface area contributed by atoms with E-state index in [4.69, 9.17) is 5.73 Å². The third-order valence-electron chi connectivity index (χ3n) is 7.05. The van der Waals surface area contributed by atoms with Gasteiger partial charge in [0.2, 0.25) is 5.91 Å². The Labute approximate surface area is 232 Å². The average molecular weight is 561 g/mol. The molecule has 1 aliphatic heterocycles. The molecular formula is C30H29FN4O4S. The molecule has 1 heterocycles. The van der Waals surface area contributed by atoms with E-state index in [-0.39, 0.29) is 23.3 Å². The molecule has 2 amide bonds. The molecule has 4 aromatic carbocycles. The molecule has 8 nitrogen and oxygen atoms in total. The monoisotopic (exact) mass is 560 g/mol. The van der Waals surface area contributed by atoms with Gasteiger partial charge in [-0.3, -0.25) is 14.5 Å². The fourth-order valence-corrected chi connectivity index (χ4v) is 5.86. The lowest BCUT2D eigenvalue weighted by molar-refractivity contribution is -0.129. The summed E-state index contributed by atoms with van der Waals surface area (Å²) < 4.78 is 38.3. The van der Waals surface area contributed by atoms with Crippen molar-refractivity contribution in [1.29, 1.82) is 0 Å². The van der Waals surface area contributed by atoms with Crippen molar-refractivity contribution >= 4 is 49.5 Å². The zero-order chi connectivity index (χ0) is 28.4. The van der Waals surface area contributed by atoms with Gasteiger partial charge in [-0.1, -0.05) is 42.5 Å². The van der Waals surface area contributed by atoms with Crippen LogP contribution >= 0.6 is 0 Å². The van der Waals surface area contributed by atoms with E-state index >= 15 is 0 Å². The number of benzene rings is 4. The number of nitrogen functional groups attached to an aromatic ring is 1. The van der Waals surface area contributed by atoms with Crippen molar-refractivity contribution in [2.24, 2.45) is 0 Å². The number of para-hydroxylation sites is 1. The number of hydrogen-bond acceptors (Lipinski definition) is 6. The van der Waals surface area contributed by atoms with Gasteiger partial charge in [0.05, 0.1) is 16.1 Å². The van der Waals surface area contributed by atoms with Crippen molar-refractivity contribution in [3.63, 3.8) is 0 Å². The number of nitrogens with two attached hydrogens (primary N) is 1. The van der Waals surface area contributed by atoms with E-state index in [2.05, 4.69) is 0 Å². The lowest BCUT2D eigenvalue weighted by atomic mass is 10.0. The van der Waals surface area contributed by atoms with Crippen molar-refractivity contribution in [3.8, 4) is 0 Å². The molecule has 0 aliphatic carbocycles. The number of fused-ring (bicyclic) bond motifs is 1. The summed E-state index contributed by atoms with van der Waals surface area (Å²) in [7, 11) is -3.65. The Morgan fingerprint density at radius 3 is 2.15 bits per heavy atom. The number of sulfone groups is 1. The summed E-state index contributed by atoms with van der Waals surface area (Å²) in [6.07, 6.45) is 1.04. The van der Waals surface area contributed by atoms with Crippen LogP contribution in [0.1, 0.15) is 10.4 Å². The summed E-state index contributed by atoms with van der Waals surface area (Å²) in [5, 5.41) is 1.78. The van der Waals surface area contributed by atoms with Crippen LogP contribution in [-0.4, -0.2) is 64.1 Å². The Balaban J connectivity index is 1.36. The quantitative estimate of drug-likeness (QED) is 0.358. The Bertz CT molecular complexity index is 1690. The van der Waals surface area contributed by atoms with E-state index < -0.39 is 15.7 Å². The Kier molecular flexibility index (Phi) is 7.44. The molecule has 0 spiro atoms. The average Bonchev–Trinajstić information content (AvgIpc) is 2.95. The van der Waals surface area contributed by atoms with E-state index in [1.54, 1.807) is 41.3 Å². The molecule has 0 unspecified atom stereocenters. The van der Waals surface area contributed by atoms with Crippen LogP contribution in [0.15, 0.2) is 89.8 Å². The first-order chi connectivity index (χ1) is 19.1. The molecule has 0 atom stereocenters. The smallest absolute Gasteiger partial charge is 0.260 e. The maximum absolute atomic E-state index is 13.8. The van der Waals surface area contributed by atoms with Gasteiger partial charge in [-0.25, -0.2) is 12.8 Å². The van der Waals surface area contributed by atoms with Gasteiger partial charge >= 0.3 is 0 Å². The molecule has 0 radical (unpaired) electrons. The number of halogens is 1. The SMILES string of the molecule is CS(=O)(=O)c1cc(F)ccc1N1CCN(C(=O)CN(C(=O)c2cc3ccccc3cc2N)c2ccccc2)CC1. The van der Waals surface area contributed by atoms with Crippen LogP contribution < -0.4 is 15.5 Å². The predicted octanol–water partition coefficient (Wildman–Crippen LogP) is 3.96. The standard InChI is InChI=1S/C30H29FN4O4S/c1-40(38,39)28-19-23(31)11-12-27(28)33-13-15-34(16-14-33)29(36)20-35(24-9-3-2-4-10-24)30(37)25-17-21-7-5-6-8-22(21)18-26(25)32/h2-12,17-19H,13-16,20,32H2,1H3. The molecule has 10 heteroatoms. The molecule has 206 valence electrons. The molecule has 0 aromatic heterocycles. The van der Waals surface area contributed by atoms with Crippen molar-refractivity contribution < 1.29 is 22.4 Å². The van der Waals surface area contributed by atoms with E-state index in [0.717, 1.165) is 23.1 Å². The maximum Gasteiger partial charge on any atom is 0.260 e. The highest BCUT2D eigenvalue weighted by Crippen LogP contribution is 2.28. The molecule has 40 heavy (non-hydrogen) atoms. The second kappa shape index (κ2) is 11.0. The van der Waals surface area contributed by atoms with Crippen LogP contribution in [0.25, 0.3) is 10.8 Å². The first-order valence-electron chi connectivity index (χ1n) is 12.8. The van der Waals surface area contributed by atoms with Gasteiger partial charge in [0, 0.05) is 43.8 Å². The highest BCUT2D eigenvalue weighted by Gasteiger charge is 2.29. The molecular weight excluding hydrogens is 531 g/mol. The molecule has 0 bridgehead atoms. The summed E-state index contributed by atoms with van der Waals surface area (Å²) in [5.74, 6) is -1.26. The lowest BCUT2D eigenvalue weighted by Gasteiger charge is -2.37. The third-order valence-corrected chi connectivity index (χ3v) is 8.17. The van der Waals surface area contributed by atoms with Gasteiger partial charge in [-0.15, -0.1) is 0 Å². The molecule has 4 aromatic rings. The summed E-state index contributed by atoms with van der Waals surface area (Å²) >= 11 is 0. The van der Waals surface area contributed by atoms with Gasteiger partial charge in [0.1, 0.15) is 12.4 Å². The Morgan fingerprint density at radius 1 is 0.875 bits per heavy atom. The number of amides is 2. The number of hydrogen-bond donors (Lipinski definition) is 1. The third kappa shape index (κ3) is 5.62. The van der Waals surface area contributed by atoms with Gasteiger partial charge in [0.25, 0.3) is 5.91 Å². The van der Waals surface area contributed by atoms with E-state index in [1.165, 1.54) is 17.0 Å². The molecule has 1 fully saturated rings. The second-order valence-corrected chi connectivity index (χ2v) is 11.7. The fourth-order valence-electron chi connectivity index (χ4n) is 4.96. The van der Waals surface area contributed by atoms with Crippen molar-refractivity contribution in [2.75, 3.05) is 54.5 Å². The topological polar surface area (TPSA) is 104 Å². The minimum atomic E-state index is -3.65. The zero-order valence-corrected chi connectivity index (χ0v) is 22.8. The first kappa shape index (κ1) is 27.1. The Hall–Kier alpha value is -4.44. The van der Waals surface area contributed by atoms with Crippen LogP contribution in [0.4, 0.5) is 21.5 Å². The normalized spacial score (nSPS) is 13.8. The van der Waals surface area contributed by atoms with Crippen LogP contribution in [-0.2, 0) is 14.6 Å². The summed E-state index contributed by atoms with van der Waals surface area (Å²) in [6.45, 7) is 1.15. The molecule has 2 N–H and O–H groups in total. The van der Waals surface area contributed by atoms with Crippen molar-refractivity contribution in [2.45, 2.75) is 4.90 Å². The van der Waals surface area contributed by atoms with Gasteiger partial charge in [-0.05, 0) is 53.2 Å². The highest BCUT2D eigenvalue weighted by atomic mass is 32.2. The van der Waals surface area contributed by atoms with Crippen molar-refractivity contribution in [1.82, 2.24) is 4.90 Å². The zero-order valence-electron chi connectivity index (χ0n) is 22.0. The lowest BCUT2D eigenvalue weighted by Crippen LogP contribution is -2.52. The minimum Gasteiger partial charge on any atom is -0.398 e. The molecule has 5 rings (SSSR count). The maximum atomic E-state index is 13.8. The predicted molar refractivity (Wildman–Crippen MR) is 155 cm³/mol. The number of anilines is 3. The minimum absolute atomic E-state index is 0.0823. The number of piperazine rings is 1.